The number of rotatable bonds is 2. The van der Waals surface area contributed by atoms with E-state index in [0.717, 1.165) is 0 Å². The lowest BCUT2D eigenvalue weighted by Gasteiger charge is -1.93. The van der Waals surface area contributed by atoms with Gasteiger partial charge in [0.15, 0.2) is 0 Å². The highest BCUT2D eigenvalue weighted by atomic mass is 16.5. The summed E-state index contributed by atoms with van der Waals surface area (Å²) in [6.07, 6.45) is -0.637. The average Bonchev–Trinajstić information content (AvgIpc) is 1.35. The molecule has 2 nitrogen and oxygen atoms in total. The number of ether oxygens (including phenoxy) is 1. The fourth-order valence-electron chi connectivity index (χ4n) is 0.166. The minimum Gasteiger partial charge on any atom is -0.376 e. The van der Waals surface area contributed by atoms with Crippen LogP contribution < -0.4 is 0 Å². The molecular formula is C4H8O2. The highest BCUT2D eigenvalue weighted by molar-refractivity contribution is 4.37. The van der Waals surface area contributed by atoms with E-state index in [1.807, 2.05) is 0 Å². The quantitative estimate of drug-likeness (QED) is 0.486. The van der Waals surface area contributed by atoms with E-state index >= 15 is 0 Å². The zero-order valence-electron chi connectivity index (χ0n) is 3.81. The zero-order chi connectivity index (χ0) is 4.99. The second-order valence-electron chi connectivity index (χ2n) is 1.18. The van der Waals surface area contributed by atoms with E-state index < -0.39 is 6.10 Å². The Morgan fingerprint density at radius 2 is 2.50 bits per heavy atom. The lowest BCUT2D eigenvalue weighted by atomic mass is 10.5. The third-order valence-electron chi connectivity index (χ3n) is 0.353. The van der Waals surface area contributed by atoms with Crippen molar-refractivity contribution in [1.82, 2.24) is 0 Å². The van der Waals surface area contributed by atoms with Crippen molar-refractivity contribution in [1.29, 1.82) is 0 Å². The molecule has 0 aromatic heterocycles. The first-order valence-corrected chi connectivity index (χ1v) is 1.80. The summed E-state index contributed by atoms with van der Waals surface area (Å²) in [4.78, 5) is 0. The Morgan fingerprint density at radius 3 is 2.50 bits per heavy atom. The molecule has 0 spiro atoms. The molecule has 0 amide bonds. The molecule has 1 atom stereocenters. The monoisotopic (exact) mass is 88.1 g/mol. The Morgan fingerprint density at radius 1 is 2.00 bits per heavy atom. The molecule has 6 heavy (non-hydrogen) atoms. The zero-order valence-corrected chi connectivity index (χ0v) is 3.81. The van der Waals surface area contributed by atoms with Crippen LogP contribution in [-0.2, 0) is 9.84 Å². The van der Waals surface area contributed by atoms with Crippen molar-refractivity contribution in [3.63, 3.8) is 0 Å². The van der Waals surface area contributed by atoms with Crippen LogP contribution in [0.1, 0.15) is 6.92 Å². The van der Waals surface area contributed by atoms with E-state index in [1.54, 1.807) is 0 Å². The SMILES string of the molecule is [CH2]OCC(C)[O]. The van der Waals surface area contributed by atoms with E-state index in [4.69, 9.17) is 0 Å². The van der Waals surface area contributed by atoms with Gasteiger partial charge in [0.1, 0.15) is 6.10 Å². The molecule has 0 bridgehead atoms. The van der Waals surface area contributed by atoms with Crippen LogP contribution in [0.3, 0.4) is 0 Å². The summed E-state index contributed by atoms with van der Waals surface area (Å²) in [5.74, 6) is 0. The van der Waals surface area contributed by atoms with Crippen LogP contribution in [-0.4, -0.2) is 12.7 Å². The molecule has 0 fully saturated rings. The lowest BCUT2D eigenvalue weighted by molar-refractivity contribution is 0.0400. The van der Waals surface area contributed by atoms with Gasteiger partial charge >= 0.3 is 0 Å². The molecular weight excluding hydrogens is 80.0 g/mol. The molecule has 1 unspecified atom stereocenters. The van der Waals surface area contributed by atoms with Crippen molar-refractivity contribution < 1.29 is 9.84 Å². The van der Waals surface area contributed by atoms with E-state index in [2.05, 4.69) is 11.8 Å². The summed E-state index contributed by atoms with van der Waals surface area (Å²) in [7, 11) is 3.03. The first-order valence-electron chi connectivity index (χ1n) is 1.80. The minimum absolute atomic E-state index is 0.208. The van der Waals surface area contributed by atoms with Crippen LogP contribution in [0.2, 0.25) is 0 Å². The summed E-state index contributed by atoms with van der Waals surface area (Å²) in [6, 6.07) is 0. The van der Waals surface area contributed by atoms with E-state index in [-0.39, 0.29) is 6.61 Å². The smallest absolute Gasteiger partial charge is 0.113 e. The Hall–Kier alpha value is -0.0800. The largest absolute Gasteiger partial charge is 0.376 e. The summed E-state index contributed by atoms with van der Waals surface area (Å²) in [6.45, 7) is 1.74. The Labute approximate surface area is 37.7 Å². The van der Waals surface area contributed by atoms with Gasteiger partial charge in [-0.3, -0.25) is 0 Å². The van der Waals surface area contributed by atoms with Gasteiger partial charge in [0.25, 0.3) is 0 Å². The Kier molecular flexibility index (Phi) is 3.08. The fraction of sp³-hybridized carbons (Fsp3) is 0.750. The molecule has 0 aromatic carbocycles. The van der Waals surface area contributed by atoms with Crippen molar-refractivity contribution in [2.75, 3.05) is 6.61 Å². The summed E-state index contributed by atoms with van der Waals surface area (Å²) < 4.78 is 4.24. The third-order valence-corrected chi connectivity index (χ3v) is 0.353. The molecule has 2 heteroatoms. The molecule has 0 saturated carbocycles. The molecule has 0 N–H and O–H groups in total. The maximum atomic E-state index is 9.96. The first-order chi connectivity index (χ1) is 2.77. The molecule has 0 aliphatic rings. The number of hydrogen-bond donors (Lipinski definition) is 0. The standard InChI is InChI=1S/C4H8O2/c1-4(5)3-6-2/h4H,2-3H2,1H3. The van der Waals surface area contributed by atoms with Crippen LogP contribution in [0.4, 0.5) is 0 Å². The molecule has 0 aromatic rings. The maximum absolute atomic E-state index is 9.96. The number of hydrogen-bond acceptors (Lipinski definition) is 1. The second kappa shape index (κ2) is 3.12. The molecule has 0 aliphatic carbocycles. The van der Waals surface area contributed by atoms with Gasteiger partial charge in [0.05, 0.1) is 13.7 Å². The van der Waals surface area contributed by atoms with Gasteiger partial charge in [0.2, 0.25) is 0 Å². The van der Waals surface area contributed by atoms with Gasteiger partial charge in [0, 0.05) is 0 Å². The summed E-state index contributed by atoms with van der Waals surface area (Å²) >= 11 is 0. The second-order valence-corrected chi connectivity index (χ2v) is 1.18. The highest BCUT2D eigenvalue weighted by Gasteiger charge is 1.90. The van der Waals surface area contributed by atoms with Crippen molar-refractivity contribution >= 4 is 0 Å². The minimum atomic E-state index is -0.637. The summed E-state index contributed by atoms with van der Waals surface area (Å²) in [5.41, 5.74) is 0. The molecule has 0 aliphatic heterocycles. The topological polar surface area (TPSA) is 29.1 Å². The van der Waals surface area contributed by atoms with Gasteiger partial charge in [-0.05, 0) is 6.92 Å². The molecule has 36 valence electrons. The van der Waals surface area contributed by atoms with E-state index in [0.29, 0.717) is 0 Å². The normalized spacial score (nSPS) is 14.5. The Balaban J connectivity index is 2.63. The van der Waals surface area contributed by atoms with Crippen LogP contribution in [0.5, 0.6) is 0 Å². The summed E-state index contributed by atoms with van der Waals surface area (Å²) in [5, 5.41) is 9.96. The molecule has 0 heterocycles. The van der Waals surface area contributed by atoms with E-state index in [1.165, 1.54) is 6.92 Å². The van der Waals surface area contributed by atoms with Gasteiger partial charge in [-0.25, -0.2) is 5.11 Å². The van der Waals surface area contributed by atoms with Crippen molar-refractivity contribution in [2.45, 2.75) is 13.0 Å². The van der Waals surface area contributed by atoms with Gasteiger partial charge in [-0.1, -0.05) is 0 Å². The predicted molar refractivity (Wildman–Crippen MR) is 21.5 cm³/mol. The van der Waals surface area contributed by atoms with Gasteiger partial charge in [-0.2, -0.15) is 0 Å². The van der Waals surface area contributed by atoms with Crippen LogP contribution in [0, 0.1) is 7.11 Å². The van der Waals surface area contributed by atoms with Gasteiger partial charge in [-0.15, -0.1) is 0 Å². The lowest BCUT2D eigenvalue weighted by Crippen LogP contribution is -2.04. The molecule has 2 radical (unpaired) electrons. The van der Waals surface area contributed by atoms with E-state index in [9.17, 15) is 5.11 Å². The van der Waals surface area contributed by atoms with Crippen LogP contribution in [0.25, 0.3) is 0 Å². The van der Waals surface area contributed by atoms with Crippen LogP contribution in [0.15, 0.2) is 0 Å². The fourth-order valence-corrected chi connectivity index (χ4v) is 0.166. The van der Waals surface area contributed by atoms with Crippen molar-refractivity contribution in [3.8, 4) is 0 Å². The van der Waals surface area contributed by atoms with Crippen molar-refractivity contribution in [2.24, 2.45) is 0 Å². The molecule has 0 saturated heterocycles. The van der Waals surface area contributed by atoms with Gasteiger partial charge < -0.3 is 4.74 Å². The Bertz CT molecular complexity index is 26.7. The average molecular weight is 88.1 g/mol. The predicted octanol–water partition coefficient (Wildman–Crippen LogP) is 0.614. The van der Waals surface area contributed by atoms with Crippen molar-refractivity contribution in [3.05, 3.63) is 7.11 Å². The van der Waals surface area contributed by atoms with Crippen LogP contribution >= 0.6 is 0 Å². The first kappa shape index (κ1) is 5.92. The highest BCUT2D eigenvalue weighted by Crippen LogP contribution is 1.78. The maximum Gasteiger partial charge on any atom is 0.113 e. The third kappa shape index (κ3) is 3.92. The molecule has 0 rings (SSSR count).